The summed E-state index contributed by atoms with van der Waals surface area (Å²) in [6.07, 6.45) is 5.68. The van der Waals surface area contributed by atoms with Crippen molar-refractivity contribution < 1.29 is 9.47 Å². The highest BCUT2D eigenvalue weighted by Crippen LogP contribution is 2.54. The van der Waals surface area contributed by atoms with Gasteiger partial charge in [-0.05, 0) is 105 Å². The molecule has 244 valence electrons. The number of aryl methyl sites for hydroxylation is 3. The zero-order valence-electron chi connectivity index (χ0n) is 29.1. The summed E-state index contributed by atoms with van der Waals surface area (Å²) < 4.78 is 16.7. The van der Waals surface area contributed by atoms with Crippen molar-refractivity contribution in [3.8, 4) is 28.7 Å². The lowest BCUT2D eigenvalue weighted by atomic mass is 9.34. The van der Waals surface area contributed by atoms with Crippen LogP contribution in [0.3, 0.4) is 0 Å². The molecule has 3 aliphatic heterocycles. The summed E-state index contributed by atoms with van der Waals surface area (Å²) in [5, 5.41) is 2.49. The lowest BCUT2D eigenvalue weighted by molar-refractivity contribution is 0.463. The van der Waals surface area contributed by atoms with Gasteiger partial charge in [0.25, 0.3) is 6.71 Å². The van der Waals surface area contributed by atoms with Crippen molar-refractivity contribution in [2.75, 3.05) is 4.90 Å². The average Bonchev–Trinajstić information content (AvgIpc) is 3.62. The molecule has 7 aromatic rings. The molecular weight excluding hydrogens is 623 g/mol. The standard InChI is InChI=1S/C46H35BN2O2/c1-26-13-17-36-30(21-26)31-22-27(2)14-18-37(31)48(36)40-25-41(49-38-19-15-28(3)23-32(38)33-24-29(4)16-20-39(33)49)46-44-45(40)50-42-11-7-5-9-34(42)47(44)35-10-6-8-12-43(35)51-46/h5-19,21-25,39H,20H2,1-4H3/t39-/m1/s1. The Morgan fingerprint density at radius 3 is 1.86 bits per heavy atom. The van der Waals surface area contributed by atoms with Gasteiger partial charge >= 0.3 is 0 Å². The van der Waals surface area contributed by atoms with Gasteiger partial charge < -0.3 is 18.9 Å². The van der Waals surface area contributed by atoms with Crippen molar-refractivity contribution in [1.82, 2.24) is 4.57 Å². The molecule has 11 rings (SSSR count). The predicted octanol–water partition coefficient (Wildman–Crippen LogP) is 9.69. The first-order chi connectivity index (χ1) is 24.9. The maximum Gasteiger partial charge on any atom is 0.260 e. The smallest absolute Gasteiger partial charge is 0.260 e. The monoisotopic (exact) mass is 658 g/mol. The zero-order valence-corrected chi connectivity index (χ0v) is 29.1. The molecule has 0 radical (unpaired) electrons. The molecule has 0 N–H and O–H groups in total. The SMILES string of the molecule is CC1=CC[C@@H]2C(=C1)c1cc(C)ccc1N2c1cc(-n2c3ccc(C)cc3c3cc(C)ccc32)c2c3c1Oc1ccccc1B3c1ccccc1O2. The van der Waals surface area contributed by atoms with Gasteiger partial charge in [0.15, 0.2) is 5.75 Å². The van der Waals surface area contributed by atoms with E-state index in [-0.39, 0.29) is 12.8 Å². The third-order valence-corrected chi connectivity index (χ3v) is 11.4. The van der Waals surface area contributed by atoms with E-state index in [2.05, 4.69) is 159 Å². The van der Waals surface area contributed by atoms with E-state index in [4.69, 9.17) is 9.47 Å². The fourth-order valence-electron chi connectivity index (χ4n) is 9.18. The van der Waals surface area contributed by atoms with Gasteiger partial charge in [-0.15, -0.1) is 0 Å². The van der Waals surface area contributed by atoms with Crippen molar-refractivity contribution in [2.24, 2.45) is 0 Å². The van der Waals surface area contributed by atoms with Crippen molar-refractivity contribution in [3.63, 3.8) is 0 Å². The van der Waals surface area contributed by atoms with Gasteiger partial charge in [0.1, 0.15) is 17.2 Å². The number of anilines is 2. The third-order valence-electron chi connectivity index (χ3n) is 11.4. The maximum atomic E-state index is 7.14. The number of hydrogen-bond acceptors (Lipinski definition) is 3. The van der Waals surface area contributed by atoms with Crippen LogP contribution in [0.2, 0.25) is 0 Å². The second-order valence-corrected chi connectivity index (χ2v) is 14.8. The molecule has 6 aromatic carbocycles. The third kappa shape index (κ3) is 3.97. The summed E-state index contributed by atoms with van der Waals surface area (Å²) in [7, 11) is 0. The van der Waals surface area contributed by atoms with Crippen LogP contribution in [-0.4, -0.2) is 17.3 Å². The van der Waals surface area contributed by atoms with E-state index in [1.54, 1.807) is 0 Å². The first-order valence-corrected chi connectivity index (χ1v) is 18.0. The first-order valence-electron chi connectivity index (χ1n) is 18.0. The van der Waals surface area contributed by atoms with Crippen molar-refractivity contribution in [3.05, 3.63) is 149 Å². The minimum absolute atomic E-state index is 0.0511. The summed E-state index contributed by atoms with van der Waals surface area (Å²) in [5.74, 6) is 3.51. The highest BCUT2D eigenvalue weighted by Gasteiger charge is 2.46. The van der Waals surface area contributed by atoms with Gasteiger partial charge in [-0.3, -0.25) is 0 Å². The molecule has 4 heterocycles. The fourth-order valence-corrected chi connectivity index (χ4v) is 9.18. The number of nitrogens with zero attached hydrogens (tertiary/aromatic N) is 2. The number of para-hydroxylation sites is 2. The fraction of sp³-hybridized carbons (Fsp3) is 0.130. The Labute approximate surface area is 297 Å². The second kappa shape index (κ2) is 10.3. The number of fused-ring (bicyclic) bond motifs is 10. The lowest BCUT2D eigenvalue weighted by Crippen LogP contribution is -2.57. The zero-order chi connectivity index (χ0) is 34.1. The quantitative estimate of drug-likeness (QED) is 0.173. The molecule has 0 unspecified atom stereocenters. The van der Waals surface area contributed by atoms with E-state index in [0.717, 1.165) is 68.2 Å². The van der Waals surface area contributed by atoms with E-state index in [1.807, 2.05) is 0 Å². The minimum Gasteiger partial charge on any atom is -0.456 e. The molecular formula is C46H35BN2O2. The summed E-state index contributed by atoms with van der Waals surface area (Å²) in [5.41, 5.74) is 16.8. The molecule has 0 saturated heterocycles. The molecule has 1 aliphatic carbocycles. The number of hydrogen-bond donors (Lipinski definition) is 0. The molecule has 0 amide bonds. The van der Waals surface area contributed by atoms with Gasteiger partial charge in [-0.25, -0.2) is 0 Å². The van der Waals surface area contributed by atoms with Gasteiger partial charge in [-0.1, -0.05) is 89.0 Å². The lowest BCUT2D eigenvalue weighted by Gasteiger charge is -2.38. The summed E-state index contributed by atoms with van der Waals surface area (Å²) in [6, 6.07) is 40.1. The molecule has 0 spiro atoms. The largest absolute Gasteiger partial charge is 0.456 e. The van der Waals surface area contributed by atoms with Crippen LogP contribution in [0.25, 0.3) is 33.1 Å². The Morgan fingerprint density at radius 1 is 0.608 bits per heavy atom. The normalized spacial score (nSPS) is 16.4. The number of allylic oxidation sites excluding steroid dienone is 2. The molecule has 0 fully saturated rings. The molecule has 4 nitrogen and oxygen atoms in total. The van der Waals surface area contributed by atoms with E-state index in [1.165, 1.54) is 49.9 Å². The van der Waals surface area contributed by atoms with Crippen molar-refractivity contribution in [2.45, 2.75) is 40.2 Å². The van der Waals surface area contributed by atoms with Crippen LogP contribution in [0.1, 0.15) is 35.6 Å². The number of benzene rings is 6. The Kier molecular flexibility index (Phi) is 5.83. The second-order valence-electron chi connectivity index (χ2n) is 14.8. The van der Waals surface area contributed by atoms with E-state index >= 15 is 0 Å². The van der Waals surface area contributed by atoms with Crippen LogP contribution in [0.15, 0.2) is 127 Å². The average molecular weight is 659 g/mol. The number of rotatable bonds is 2. The Balaban J connectivity index is 1.29. The van der Waals surface area contributed by atoms with Crippen molar-refractivity contribution in [1.29, 1.82) is 0 Å². The van der Waals surface area contributed by atoms with Crippen LogP contribution >= 0.6 is 0 Å². The number of ether oxygens (including phenoxy) is 2. The molecule has 1 aromatic heterocycles. The Hall–Kier alpha value is -5.94. The van der Waals surface area contributed by atoms with E-state index < -0.39 is 0 Å². The molecule has 4 aliphatic rings. The van der Waals surface area contributed by atoms with Crippen LogP contribution in [0.5, 0.6) is 23.0 Å². The van der Waals surface area contributed by atoms with Gasteiger partial charge in [0, 0.05) is 27.5 Å². The topological polar surface area (TPSA) is 26.6 Å². The molecule has 1 atom stereocenters. The van der Waals surface area contributed by atoms with Crippen molar-refractivity contribution >= 4 is 61.9 Å². The minimum atomic E-state index is -0.0511. The maximum absolute atomic E-state index is 7.14. The van der Waals surface area contributed by atoms with Crippen LogP contribution in [0.4, 0.5) is 11.4 Å². The summed E-state index contributed by atoms with van der Waals surface area (Å²) in [6.45, 7) is 8.71. The predicted molar refractivity (Wildman–Crippen MR) is 211 cm³/mol. The first kappa shape index (κ1) is 28.9. The Bertz CT molecular complexity index is 2680. The van der Waals surface area contributed by atoms with Crippen LogP contribution in [-0.2, 0) is 0 Å². The highest BCUT2D eigenvalue weighted by molar-refractivity contribution is 6.98. The molecule has 0 bridgehead atoms. The van der Waals surface area contributed by atoms with Crippen LogP contribution in [0, 0.1) is 20.8 Å². The Morgan fingerprint density at radius 2 is 1.20 bits per heavy atom. The highest BCUT2D eigenvalue weighted by atomic mass is 16.5. The number of aromatic nitrogens is 1. The van der Waals surface area contributed by atoms with E-state index in [9.17, 15) is 0 Å². The van der Waals surface area contributed by atoms with E-state index in [0.29, 0.717) is 0 Å². The summed E-state index contributed by atoms with van der Waals surface area (Å²) >= 11 is 0. The molecule has 5 heteroatoms. The van der Waals surface area contributed by atoms with Gasteiger partial charge in [0.05, 0.1) is 28.5 Å². The van der Waals surface area contributed by atoms with Gasteiger partial charge in [0.2, 0.25) is 0 Å². The molecule has 0 saturated carbocycles. The summed E-state index contributed by atoms with van der Waals surface area (Å²) in [4.78, 5) is 2.55. The molecule has 51 heavy (non-hydrogen) atoms. The van der Waals surface area contributed by atoms with Crippen LogP contribution < -0.4 is 30.8 Å². The van der Waals surface area contributed by atoms with Gasteiger partial charge in [-0.2, -0.15) is 0 Å².